The number of carbonyl (C=O) groups excluding carboxylic acids is 4. The smallest absolute Gasteiger partial charge is 0.381 e. The molecular formula is C6H7O5Rh-. The largest absolute Gasteiger partial charge is 0.545 e. The third kappa shape index (κ3) is 11.8. The molecule has 0 spiro atoms. The number of ether oxygens (including phenoxy) is 1. The van der Waals surface area contributed by atoms with E-state index in [-0.39, 0.29) is 19.5 Å². The van der Waals surface area contributed by atoms with Gasteiger partial charge in [0.25, 0.3) is 0 Å². The first-order valence-electron chi connectivity index (χ1n) is 2.51. The van der Waals surface area contributed by atoms with Crippen molar-refractivity contribution in [3.63, 3.8) is 0 Å². The quantitative estimate of drug-likeness (QED) is 0.157. The van der Waals surface area contributed by atoms with E-state index in [1.54, 1.807) is 0 Å². The van der Waals surface area contributed by atoms with Crippen LogP contribution in [0.15, 0.2) is 0 Å². The Labute approximate surface area is 82.2 Å². The molecule has 0 unspecified atom stereocenters. The Morgan fingerprint density at radius 2 is 1.42 bits per heavy atom. The molecular weight excluding hydrogens is 255 g/mol. The van der Waals surface area contributed by atoms with Gasteiger partial charge in [0.1, 0.15) is 0 Å². The first kappa shape index (κ1) is 17.3. The molecule has 1 radical (unpaired) electrons. The fourth-order valence-corrected chi connectivity index (χ4v) is 0.202. The second kappa shape index (κ2) is 10.1. The van der Waals surface area contributed by atoms with Gasteiger partial charge in [0.15, 0.2) is 0 Å². The van der Waals surface area contributed by atoms with Crippen molar-refractivity contribution in [3.05, 3.63) is 0 Å². The van der Waals surface area contributed by atoms with Crippen molar-refractivity contribution in [2.75, 3.05) is 0 Å². The first-order chi connectivity index (χ1) is 5.04. The number of Topliss-reactive ketones (excluding diaryl/α,β-unsaturated/α-hetero) is 1. The van der Waals surface area contributed by atoms with Gasteiger partial charge in [-0.05, 0) is 0 Å². The molecule has 6 heteroatoms. The summed E-state index contributed by atoms with van der Waals surface area (Å²) in [5.41, 5.74) is 0. The molecule has 0 aliphatic rings. The molecule has 0 rings (SSSR count). The summed E-state index contributed by atoms with van der Waals surface area (Å²) in [5.74, 6) is -2.65. The molecule has 71 valence electrons. The number of hydrogen-bond donors (Lipinski definition) is 0. The number of carbonyl (C=O) groups is 3. The number of hydrogen-bond acceptors (Lipinski definition) is 5. The molecule has 0 saturated carbocycles. The summed E-state index contributed by atoms with van der Waals surface area (Å²) in [6, 6.07) is 0. The standard InChI is InChI=1S/C5H6O4.CHO.Rh/c1-3(6)5(8)9-4(2)7;1-2;/h1-2H3;1H;/q;-1;. The minimum Gasteiger partial charge on any atom is -0.545 e. The van der Waals surface area contributed by atoms with E-state index < -0.39 is 17.7 Å². The third-order valence-corrected chi connectivity index (χ3v) is 0.524. The number of esters is 2. The van der Waals surface area contributed by atoms with E-state index in [2.05, 4.69) is 11.5 Å². The van der Waals surface area contributed by atoms with Crippen LogP contribution in [0.3, 0.4) is 0 Å². The normalized spacial score (nSPS) is 6.50. The second-order valence-electron chi connectivity index (χ2n) is 1.44. The van der Waals surface area contributed by atoms with E-state index in [1.807, 2.05) is 0 Å². The monoisotopic (exact) mass is 262 g/mol. The molecule has 5 nitrogen and oxygen atoms in total. The maximum atomic E-state index is 10.2. The van der Waals surface area contributed by atoms with Crippen LogP contribution in [-0.4, -0.2) is 24.5 Å². The van der Waals surface area contributed by atoms with Gasteiger partial charge in [-0.2, -0.15) is 0 Å². The first-order valence-corrected chi connectivity index (χ1v) is 2.51. The van der Waals surface area contributed by atoms with Crippen molar-refractivity contribution in [2.24, 2.45) is 0 Å². The Hall–Kier alpha value is -0.897. The van der Waals surface area contributed by atoms with Gasteiger partial charge in [0, 0.05) is 33.3 Å². The molecule has 0 bridgehead atoms. The Morgan fingerprint density at radius 3 is 1.50 bits per heavy atom. The average Bonchev–Trinajstić information content (AvgIpc) is 1.90. The van der Waals surface area contributed by atoms with Crippen LogP contribution >= 0.6 is 0 Å². The summed E-state index contributed by atoms with van der Waals surface area (Å²) in [6.07, 6.45) is 0. The SMILES string of the molecule is CC(=O)OC(=O)C(C)=O.[CH-]=O.[Rh]. The van der Waals surface area contributed by atoms with Crippen LogP contribution in [0.25, 0.3) is 0 Å². The Morgan fingerprint density at radius 1 is 1.08 bits per heavy atom. The zero-order valence-corrected chi connectivity index (χ0v) is 8.09. The van der Waals surface area contributed by atoms with Crippen molar-refractivity contribution >= 4 is 24.5 Å². The van der Waals surface area contributed by atoms with Crippen LogP contribution in [0.2, 0.25) is 0 Å². The fourth-order valence-electron chi connectivity index (χ4n) is 0.202. The summed E-state index contributed by atoms with van der Waals surface area (Å²) in [7, 11) is 0. The zero-order valence-electron chi connectivity index (χ0n) is 6.45. The predicted molar refractivity (Wildman–Crippen MR) is 34.2 cm³/mol. The van der Waals surface area contributed by atoms with Crippen LogP contribution in [0.1, 0.15) is 13.8 Å². The van der Waals surface area contributed by atoms with Gasteiger partial charge in [-0.25, -0.2) is 4.79 Å². The van der Waals surface area contributed by atoms with E-state index in [9.17, 15) is 14.4 Å². The van der Waals surface area contributed by atoms with E-state index in [0.29, 0.717) is 0 Å². The molecule has 0 N–H and O–H groups in total. The molecule has 0 heterocycles. The number of ketones is 1. The van der Waals surface area contributed by atoms with E-state index in [4.69, 9.17) is 4.79 Å². The topological polar surface area (TPSA) is 77.5 Å². The zero-order chi connectivity index (χ0) is 9.44. The van der Waals surface area contributed by atoms with Crippen molar-refractivity contribution in [2.45, 2.75) is 13.8 Å². The molecule has 0 fully saturated rings. The average molecular weight is 262 g/mol. The maximum absolute atomic E-state index is 10.2. The summed E-state index contributed by atoms with van der Waals surface area (Å²) in [6.45, 7) is 5.34. The Bertz CT molecular complexity index is 177. The van der Waals surface area contributed by atoms with Crippen LogP contribution in [0, 0.1) is 0 Å². The van der Waals surface area contributed by atoms with Gasteiger partial charge >= 0.3 is 11.9 Å². The van der Waals surface area contributed by atoms with Gasteiger partial charge in [-0.3, -0.25) is 16.4 Å². The summed E-state index contributed by atoms with van der Waals surface area (Å²) in [5, 5.41) is 0. The van der Waals surface area contributed by atoms with Crippen molar-refractivity contribution < 1.29 is 43.4 Å². The second-order valence-corrected chi connectivity index (χ2v) is 1.44. The Balaban J connectivity index is -0.000000249. The summed E-state index contributed by atoms with van der Waals surface area (Å²) < 4.78 is 3.88. The third-order valence-electron chi connectivity index (χ3n) is 0.524. The molecule has 0 saturated heterocycles. The van der Waals surface area contributed by atoms with E-state index >= 15 is 0 Å². The van der Waals surface area contributed by atoms with Crippen LogP contribution in [0.4, 0.5) is 0 Å². The summed E-state index contributed by atoms with van der Waals surface area (Å²) in [4.78, 5) is 37.9. The van der Waals surface area contributed by atoms with Crippen molar-refractivity contribution in [3.8, 4) is 0 Å². The molecule has 0 aliphatic heterocycles. The van der Waals surface area contributed by atoms with E-state index in [1.165, 1.54) is 0 Å². The fraction of sp³-hybridized carbons (Fsp3) is 0.333. The number of rotatable bonds is 1. The molecule has 0 amide bonds. The minimum absolute atomic E-state index is 0. The molecule has 12 heavy (non-hydrogen) atoms. The summed E-state index contributed by atoms with van der Waals surface area (Å²) >= 11 is 0. The van der Waals surface area contributed by atoms with Gasteiger partial charge in [-0.15, -0.1) is 0 Å². The van der Waals surface area contributed by atoms with Crippen LogP contribution in [0.5, 0.6) is 0 Å². The Kier molecular flexibility index (Phi) is 14.5. The molecule has 0 aromatic rings. The molecule has 0 aromatic carbocycles. The minimum atomic E-state index is -1.11. The van der Waals surface area contributed by atoms with E-state index in [0.717, 1.165) is 13.8 Å². The molecule has 0 atom stereocenters. The van der Waals surface area contributed by atoms with Gasteiger partial charge < -0.3 is 9.53 Å². The van der Waals surface area contributed by atoms with Crippen molar-refractivity contribution in [1.82, 2.24) is 0 Å². The van der Waals surface area contributed by atoms with Crippen LogP contribution < -0.4 is 0 Å². The molecule has 0 aromatic heterocycles. The van der Waals surface area contributed by atoms with Gasteiger partial charge in [0.2, 0.25) is 5.78 Å². The predicted octanol–water partition coefficient (Wildman–Crippen LogP) is -0.611. The van der Waals surface area contributed by atoms with Gasteiger partial charge in [0.05, 0.1) is 0 Å². The molecule has 0 aliphatic carbocycles. The maximum Gasteiger partial charge on any atom is 0.381 e. The van der Waals surface area contributed by atoms with Gasteiger partial charge in [-0.1, -0.05) is 0 Å². The van der Waals surface area contributed by atoms with Crippen molar-refractivity contribution in [1.29, 1.82) is 0 Å². The van der Waals surface area contributed by atoms with Crippen LogP contribution in [-0.2, 0) is 43.4 Å².